The predicted octanol–water partition coefficient (Wildman–Crippen LogP) is 2.84. The smallest absolute Gasteiger partial charge is 0.224 e. The van der Waals surface area contributed by atoms with Crippen LogP contribution >= 0.6 is 11.3 Å². The van der Waals surface area contributed by atoms with E-state index in [1.807, 2.05) is 30.8 Å². The Hall–Kier alpha value is -1.83. The third-order valence-electron chi connectivity index (χ3n) is 6.14. The molecule has 0 saturated carbocycles. The Bertz CT molecular complexity index is 788. The SMILES string of the molecule is Cc1nc(CNC(=O)[C@@H]2CCCN(C3CCN(Cc4cccnc4)CC3)C2)cs1. The van der Waals surface area contributed by atoms with Crippen LogP contribution in [-0.4, -0.2) is 57.9 Å². The van der Waals surface area contributed by atoms with Crippen molar-refractivity contribution < 1.29 is 4.79 Å². The number of amides is 1. The van der Waals surface area contributed by atoms with Gasteiger partial charge in [0, 0.05) is 36.9 Å². The van der Waals surface area contributed by atoms with E-state index >= 15 is 0 Å². The first-order valence-corrected chi connectivity index (χ1v) is 11.6. The van der Waals surface area contributed by atoms with Crippen molar-refractivity contribution in [2.45, 2.75) is 51.7 Å². The molecule has 0 unspecified atom stereocenters. The predicted molar refractivity (Wildman–Crippen MR) is 116 cm³/mol. The van der Waals surface area contributed by atoms with Crippen LogP contribution in [0.25, 0.3) is 0 Å². The van der Waals surface area contributed by atoms with E-state index in [1.165, 1.54) is 18.4 Å². The van der Waals surface area contributed by atoms with Crippen molar-refractivity contribution in [1.29, 1.82) is 0 Å². The molecule has 2 aliphatic heterocycles. The maximum absolute atomic E-state index is 12.7. The number of pyridine rings is 1. The number of carbonyl (C=O) groups excluding carboxylic acids is 1. The molecule has 0 radical (unpaired) electrons. The van der Waals surface area contributed by atoms with Crippen molar-refractivity contribution in [3.05, 3.63) is 46.2 Å². The summed E-state index contributed by atoms with van der Waals surface area (Å²) in [5.74, 6) is 0.297. The van der Waals surface area contributed by atoms with Gasteiger partial charge < -0.3 is 5.32 Å². The van der Waals surface area contributed by atoms with Crippen LogP contribution in [0.15, 0.2) is 29.9 Å². The number of nitrogens with one attached hydrogen (secondary N) is 1. The molecule has 4 rings (SSSR count). The quantitative estimate of drug-likeness (QED) is 0.789. The Morgan fingerprint density at radius 2 is 2.14 bits per heavy atom. The lowest BCUT2D eigenvalue weighted by molar-refractivity contribution is -0.127. The van der Waals surface area contributed by atoms with Crippen molar-refractivity contribution in [1.82, 2.24) is 25.1 Å². The van der Waals surface area contributed by atoms with E-state index in [0.29, 0.717) is 12.6 Å². The molecule has 6 nitrogen and oxygen atoms in total. The normalized spacial score (nSPS) is 21.9. The Kier molecular flexibility index (Phi) is 6.90. The van der Waals surface area contributed by atoms with Crippen LogP contribution in [0.1, 0.15) is 41.9 Å². The average Bonchev–Trinajstić information content (AvgIpc) is 3.18. The number of rotatable bonds is 6. The number of hydrogen-bond donors (Lipinski definition) is 1. The monoisotopic (exact) mass is 413 g/mol. The molecule has 7 heteroatoms. The van der Waals surface area contributed by atoms with Gasteiger partial charge in [-0.25, -0.2) is 4.98 Å². The van der Waals surface area contributed by atoms with Gasteiger partial charge in [0.2, 0.25) is 5.91 Å². The van der Waals surface area contributed by atoms with Gasteiger partial charge in [-0.05, 0) is 63.9 Å². The molecule has 2 aromatic heterocycles. The fourth-order valence-electron chi connectivity index (χ4n) is 4.56. The maximum Gasteiger partial charge on any atom is 0.224 e. The molecule has 0 spiro atoms. The summed E-state index contributed by atoms with van der Waals surface area (Å²) in [6.45, 7) is 7.80. The lowest BCUT2D eigenvalue weighted by Gasteiger charge is -2.42. The van der Waals surface area contributed by atoms with Crippen molar-refractivity contribution >= 4 is 17.2 Å². The second-order valence-corrected chi connectivity index (χ2v) is 9.34. The molecular weight excluding hydrogens is 382 g/mol. The van der Waals surface area contributed by atoms with Crippen molar-refractivity contribution in [3.63, 3.8) is 0 Å². The van der Waals surface area contributed by atoms with Gasteiger partial charge in [-0.2, -0.15) is 0 Å². The number of piperidine rings is 2. The number of aryl methyl sites for hydroxylation is 1. The van der Waals surface area contributed by atoms with Crippen LogP contribution in [0.3, 0.4) is 0 Å². The average molecular weight is 414 g/mol. The summed E-state index contributed by atoms with van der Waals surface area (Å²) in [4.78, 5) is 26.4. The van der Waals surface area contributed by atoms with E-state index in [1.54, 1.807) is 11.3 Å². The summed E-state index contributed by atoms with van der Waals surface area (Å²) in [6.07, 6.45) is 8.28. The summed E-state index contributed by atoms with van der Waals surface area (Å²) in [5, 5.41) is 6.18. The van der Waals surface area contributed by atoms with Gasteiger partial charge in [0.05, 0.1) is 23.2 Å². The van der Waals surface area contributed by atoms with E-state index in [0.717, 1.165) is 56.3 Å². The van der Waals surface area contributed by atoms with E-state index < -0.39 is 0 Å². The second kappa shape index (κ2) is 9.78. The maximum atomic E-state index is 12.7. The van der Waals surface area contributed by atoms with Gasteiger partial charge >= 0.3 is 0 Å². The third-order valence-corrected chi connectivity index (χ3v) is 6.96. The summed E-state index contributed by atoms with van der Waals surface area (Å²) >= 11 is 1.63. The zero-order valence-electron chi connectivity index (χ0n) is 17.2. The van der Waals surface area contributed by atoms with Gasteiger partial charge in [-0.3, -0.25) is 19.6 Å². The summed E-state index contributed by atoms with van der Waals surface area (Å²) in [5.41, 5.74) is 2.26. The van der Waals surface area contributed by atoms with Gasteiger partial charge in [-0.15, -0.1) is 11.3 Å². The van der Waals surface area contributed by atoms with Crippen molar-refractivity contribution in [3.8, 4) is 0 Å². The molecule has 0 aromatic carbocycles. The molecule has 0 aliphatic carbocycles. The molecule has 4 heterocycles. The number of carbonyl (C=O) groups is 1. The summed E-state index contributed by atoms with van der Waals surface area (Å²) < 4.78 is 0. The number of hydrogen-bond acceptors (Lipinski definition) is 6. The Balaban J connectivity index is 1.23. The van der Waals surface area contributed by atoms with Crippen LogP contribution in [-0.2, 0) is 17.9 Å². The Labute approximate surface area is 177 Å². The van der Waals surface area contributed by atoms with Gasteiger partial charge in [0.25, 0.3) is 0 Å². The van der Waals surface area contributed by atoms with Crippen LogP contribution in [0.2, 0.25) is 0 Å². The van der Waals surface area contributed by atoms with Gasteiger partial charge in [0.15, 0.2) is 0 Å². The van der Waals surface area contributed by atoms with E-state index in [9.17, 15) is 4.79 Å². The number of likely N-dealkylation sites (tertiary alicyclic amines) is 2. The second-order valence-electron chi connectivity index (χ2n) is 8.28. The zero-order valence-corrected chi connectivity index (χ0v) is 18.0. The molecule has 2 aromatic rings. The van der Waals surface area contributed by atoms with Crippen LogP contribution in [0, 0.1) is 12.8 Å². The fourth-order valence-corrected chi connectivity index (χ4v) is 5.17. The van der Waals surface area contributed by atoms with Crippen molar-refractivity contribution in [2.75, 3.05) is 26.2 Å². The van der Waals surface area contributed by atoms with E-state index in [4.69, 9.17) is 0 Å². The molecule has 1 amide bonds. The Morgan fingerprint density at radius 3 is 2.86 bits per heavy atom. The zero-order chi connectivity index (χ0) is 20.1. The van der Waals surface area contributed by atoms with Crippen LogP contribution in [0.4, 0.5) is 0 Å². The van der Waals surface area contributed by atoms with Crippen molar-refractivity contribution in [2.24, 2.45) is 5.92 Å². The topological polar surface area (TPSA) is 61.4 Å². The molecule has 2 aliphatic rings. The fraction of sp³-hybridized carbons (Fsp3) is 0.591. The Morgan fingerprint density at radius 1 is 1.28 bits per heavy atom. The van der Waals surface area contributed by atoms with Gasteiger partial charge in [0.1, 0.15) is 0 Å². The van der Waals surface area contributed by atoms with E-state index in [-0.39, 0.29) is 11.8 Å². The highest BCUT2D eigenvalue weighted by Gasteiger charge is 2.31. The highest BCUT2D eigenvalue weighted by atomic mass is 32.1. The number of nitrogens with zero attached hydrogens (tertiary/aromatic N) is 4. The minimum absolute atomic E-state index is 0.108. The minimum Gasteiger partial charge on any atom is -0.350 e. The largest absolute Gasteiger partial charge is 0.350 e. The molecule has 156 valence electrons. The molecule has 29 heavy (non-hydrogen) atoms. The summed E-state index contributed by atoms with van der Waals surface area (Å²) in [7, 11) is 0. The molecule has 0 bridgehead atoms. The standard InChI is InChI=1S/C22H31N5OS/c1-17-25-20(16-29-17)13-24-22(28)19-5-3-9-27(15-19)21-6-10-26(11-7-21)14-18-4-2-8-23-12-18/h2,4,8,12,16,19,21H,3,5-7,9-11,13-15H2,1H3,(H,24,28)/t19-/m1/s1. The third kappa shape index (κ3) is 5.62. The number of aromatic nitrogens is 2. The lowest BCUT2D eigenvalue weighted by atomic mass is 9.93. The van der Waals surface area contributed by atoms with E-state index in [2.05, 4.69) is 31.2 Å². The lowest BCUT2D eigenvalue weighted by Crippen LogP contribution is -2.50. The molecule has 2 saturated heterocycles. The molecule has 2 fully saturated rings. The number of thiazole rings is 1. The first-order chi connectivity index (χ1) is 14.2. The first-order valence-electron chi connectivity index (χ1n) is 10.7. The minimum atomic E-state index is 0.108. The van der Waals surface area contributed by atoms with Crippen LogP contribution < -0.4 is 5.32 Å². The highest BCUT2D eigenvalue weighted by molar-refractivity contribution is 7.09. The summed E-state index contributed by atoms with van der Waals surface area (Å²) in [6, 6.07) is 4.77. The molecule has 1 N–H and O–H groups in total. The van der Waals surface area contributed by atoms with Gasteiger partial charge in [-0.1, -0.05) is 6.07 Å². The first kappa shape index (κ1) is 20.4. The highest BCUT2D eigenvalue weighted by Crippen LogP contribution is 2.25. The molecule has 1 atom stereocenters. The molecular formula is C22H31N5OS. The van der Waals surface area contributed by atoms with Crippen LogP contribution in [0.5, 0.6) is 0 Å².